The topological polar surface area (TPSA) is 59.9 Å². The van der Waals surface area contributed by atoms with E-state index in [9.17, 15) is 4.79 Å². The fourth-order valence-electron chi connectivity index (χ4n) is 2.96. The van der Waals surface area contributed by atoms with E-state index >= 15 is 0 Å². The van der Waals surface area contributed by atoms with Crippen molar-refractivity contribution < 1.29 is 14.3 Å². The average Bonchev–Trinajstić information content (AvgIpc) is 2.75. The summed E-state index contributed by atoms with van der Waals surface area (Å²) in [4.78, 5) is 16.9. The van der Waals surface area contributed by atoms with Crippen LogP contribution in [0, 0.1) is 20.8 Å². The van der Waals surface area contributed by atoms with Gasteiger partial charge >= 0.3 is 0 Å². The Morgan fingerprint density at radius 2 is 1.84 bits per heavy atom. The maximum Gasteiger partial charge on any atom is 0.262 e. The van der Waals surface area contributed by atoms with Gasteiger partial charge in [-0.15, -0.1) is 0 Å². The molecule has 0 heterocycles. The lowest BCUT2D eigenvalue weighted by Crippen LogP contribution is -2.20. The normalized spacial score (nSPS) is 10.9. The minimum absolute atomic E-state index is 0.184. The highest BCUT2D eigenvalue weighted by Gasteiger charge is 2.14. The Kier molecular flexibility index (Phi) is 7.94. The van der Waals surface area contributed by atoms with Crippen molar-refractivity contribution in [3.63, 3.8) is 0 Å². The van der Waals surface area contributed by atoms with Crippen molar-refractivity contribution in [2.24, 2.45) is 4.99 Å². The Bertz CT molecular complexity index is 1180. The number of carbonyl (C=O) groups is 1. The molecule has 32 heavy (non-hydrogen) atoms. The van der Waals surface area contributed by atoms with Crippen LogP contribution in [0.4, 0.5) is 11.4 Å². The number of rotatable bonds is 7. The van der Waals surface area contributed by atoms with Crippen molar-refractivity contribution in [2.75, 3.05) is 19.0 Å². The zero-order valence-corrected chi connectivity index (χ0v) is 20.7. The number of hydrogen-bond donors (Lipinski definition) is 1. The summed E-state index contributed by atoms with van der Waals surface area (Å²) < 4.78 is 11.9. The number of benzene rings is 3. The van der Waals surface area contributed by atoms with Gasteiger partial charge in [-0.25, -0.2) is 0 Å². The quantitative estimate of drug-likeness (QED) is 0.352. The fourth-order valence-corrected chi connectivity index (χ4v) is 3.72. The molecule has 166 valence electrons. The van der Waals surface area contributed by atoms with E-state index in [2.05, 4.69) is 32.3 Å². The highest BCUT2D eigenvalue weighted by atomic mass is 79.9. The van der Waals surface area contributed by atoms with Gasteiger partial charge < -0.3 is 14.8 Å². The molecule has 3 rings (SSSR count). The third kappa shape index (κ3) is 6.11. The first-order valence-electron chi connectivity index (χ1n) is 9.94. The number of carbonyl (C=O) groups excluding carboxylic acids is 1. The summed E-state index contributed by atoms with van der Waals surface area (Å²) in [7, 11) is 1.55. The van der Waals surface area contributed by atoms with E-state index in [4.69, 9.17) is 21.1 Å². The molecule has 7 heteroatoms. The minimum Gasteiger partial charge on any atom is -0.493 e. The van der Waals surface area contributed by atoms with E-state index < -0.39 is 0 Å². The van der Waals surface area contributed by atoms with Gasteiger partial charge in [0.1, 0.15) is 0 Å². The molecule has 1 N–H and O–H groups in total. The summed E-state index contributed by atoms with van der Waals surface area (Å²) >= 11 is 9.62. The Morgan fingerprint density at radius 3 is 2.56 bits per heavy atom. The highest BCUT2D eigenvalue weighted by molar-refractivity contribution is 9.10. The van der Waals surface area contributed by atoms with Crippen LogP contribution in [0.25, 0.3) is 0 Å². The number of hydrogen-bond acceptors (Lipinski definition) is 4. The molecule has 0 aliphatic carbocycles. The maximum atomic E-state index is 12.3. The Morgan fingerprint density at radius 1 is 1.09 bits per heavy atom. The van der Waals surface area contributed by atoms with Crippen molar-refractivity contribution in [3.05, 3.63) is 80.3 Å². The fraction of sp³-hybridized carbons (Fsp3) is 0.200. The second kappa shape index (κ2) is 10.7. The maximum absolute atomic E-state index is 12.3. The predicted molar refractivity (Wildman–Crippen MR) is 134 cm³/mol. The van der Waals surface area contributed by atoms with Crippen molar-refractivity contribution in [1.82, 2.24) is 0 Å². The lowest BCUT2D eigenvalue weighted by molar-refractivity contribution is -0.118. The van der Waals surface area contributed by atoms with Gasteiger partial charge in [-0.05, 0) is 89.3 Å². The molecule has 5 nitrogen and oxygen atoms in total. The lowest BCUT2D eigenvalue weighted by atomic mass is 10.1. The Labute approximate surface area is 201 Å². The lowest BCUT2D eigenvalue weighted by Gasteiger charge is -2.14. The molecule has 0 fully saturated rings. The van der Waals surface area contributed by atoms with Crippen LogP contribution in [0.1, 0.15) is 22.3 Å². The molecule has 0 atom stereocenters. The molecule has 3 aromatic carbocycles. The molecule has 0 saturated carbocycles. The van der Waals surface area contributed by atoms with Gasteiger partial charge in [0.15, 0.2) is 18.1 Å². The predicted octanol–water partition coefficient (Wildman–Crippen LogP) is 6.80. The molecule has 0 unspecified atom stereocenters. The zero-order valence-electron chi connectivity index (χ0n) is 18.3. The monoisotopic (exact) mass is 514 g/mol. The molecule has 1 amide bonds. The van der Waals surface area contributed by atoms with E-state index in [0.717, 1.165) is 27.9 Å². The molecule has 0 saturated heterocycles. The summed E-state index contributed by atoms with van der Waals surface area (Å²) in [5, 5.41) is 3.36. The minimum atomic E-state index is -0.306. The number of amides is 1. The van der Waals surface area contributed by atoms with Crippen LogP contribution in [-0.4, -0.2) is 25.8 Å². The first-order chi connectivity index (χ1) is 15.3. The molecule has 0 spiro atoms. The largest absolute Gasteiger partial charge is 0.493 e. The van der Waals surface area contributed by atoms with Crippen LogP contribution < -0.4 is 14.8 Å². The van der Waals surface area contributed by atoms with Gasteiger partial charge in [-0.3, -0.25) is 9.79 Å². The summed E-state index contributed by atoms with van der Waals surface area (Å²) in [6.45, 7) is 5.77. The SMILES string of the molecule is COc1cc(C=Nc2cc(C)ccc2C)cc(Br)c1OCC(=O)Nc1ccc(C)c(Cl)c1. The molecule has 0 aliphatic heterocycles. The molecule has 0 aliphatic rings. The summed E-state index contributed by atoms with van der Waals surface area (Å²) in [6, 6.07) is 15.2. The summed E-state index contributed by atoms with van der Waals surface area (Å²) in [5.41, 5.74) is 5.54. The first-order valence-corrected chi connectivity index (χ1v) is 11.1. The van der Waals surface area contributed by atoms with E-state index in [0.29, 0.717) is 26.7 Å². The van der Waals surface area contributed by atoms with Crippen LogP contribution in [-0.2, 0) is 4.79 Å². The molecular weight excluding hydrogens is 492 g/mol. The standard InChI is InChI=1S/C25H24BrClN2O3/c1-15-5-6-17(3)22(9-15)28-13-18-10-20(26)25(23(11-18)31-4)32-14-24(30)29-19-8-7-16(2)21(27)12-19/h5-13H,14H2,1-4H3,(H,29,30). The van der Waals surface area contributed by atoms with Gasteiger partial charge in [0.25, 0.3) is 5.91 Å². The van der Waals surface area contributed by atoms with Crippen LogP contribution in [0.2, 0.25) is 5.02 Å². The number of nitrogens with zero attached hydrogens (tertiary/aromatic N) is 1. The number of halogens is 2. The van der Waals surface area contributed by atoms with Crippen molar-refractivity contribution in [3.8, 4) is 11.5 Å². The van der Waals surface area contributed by atoms with Gasteiger partial charge in [-0.2, -0.15) is 0 Å². The number of ether oxygens (including phenoxy) is 2. The van der Waals surface area contributed by atoms with Gasteiger partial charge in [0.2, 0.25) is 0 Å². The van der Waals surface area contributed by atoms with Crippen LogP contribution in [0.5, 0.6) is 11.5 Å². The molecule has 0 bridgehead atoms. The third-order valence-electron chi connectivity index (χ3n) is 4.77. The van der Waals surface area contributed by atoms with Gasteiger partial charge in [0, 0.05) is 16.9 Å². The van der Waals surface area contributed by atoms with Crippen LogP contribution >= 0.6 is 27.5 Å². The molecular formula is C25H24BrClN2O3. The number of anilines is 1. The highest BCUT2D eigenvalue weighted by Crippen LogP contribution is 2.36. The number of nitrogens with one attached hydrogen (secondary N) is 1. The summed E-state index contributed by atoms with van der Waals surface area (Å²) in [6.07, 6.45) is 1.77. The Hall–Kier alpha value is -2.83. The zero-order chi connectivity index (χ0) is 23.3. The third-order valence-corrected chi connectivity index (χ3v) is 5.77. The Balaban J connectivity index is 1.72. The van der Waals surface area contributed by atoms with Crippen LogP contribution in [0.15, 0.2) is 58.0 Å². The second-order valence-corrected chi connectivity index (χ2v) is 8.64. The van der Waals surface area contributed by atoms with Gasteiger partial charge in [-0.1, -0.05) is 29.8 Å². The van der Waals surface area contributed by atoms with Crippen LogP contribution in [0.3, 0.4) is 0 Å². The van der Waals surface area contributed by atoms with Crippen molar-refractivity contribution >= 4 is 51.0 Å². The molecule has 0 aromatic heterocycles. The smallest absolute Gasteiger partial charge is 0.262 e. The van der Waals surface area contributed by atoms with Crippen molar-refractivity contribution in [2.45, 2.75) is 20.8 Å². The molecule has 3 aromatic rings. The van der Waals surface area contributed by atoms with E-state index in [-0.39, 0.29) is 12.5 Å². The number of methoxy groups -OCH3 is 1. The summed E-state index contributed by atoms with van der Waals surface area (Å²) in [5.74, 6) is 0.626. The van der Waals surface area contributed by atoms with E-state index in [1.807, 2.05) is 51.1 Å². The molecule has 0 radical (unpaired) electrons. The van der Waals surface area contributed by atoms with Gasteiger partial charge in [0.05, 0.1) is 17.3 Å². The number of aliphatic imine (C=N–C) groups is 1. The van der Waals surface area contributed by atoms with E-state index in [1.165, 1.54) is 0 Å². The second-order valence-electron chi connectivity index (χ2n) is 7.38. The number of aryl methyl sites for hydroxylation is 3. The van der Waals surface area contributed by atoms with E-state index in [1.54, 1.807) is 25.5 Å². The van der Waals surface area contributed by atoms with Crippen molar-refractivity contribution in [1.29, 1.82) is 0 Å². The first kappa shape index (κ1) is 23.8. The average molecular weight is 516 g/mol.